The molecule has 0 radical (unpaired) electrons. The van der Waals surface area contributed by atoms with Gasteiger partial charge in [0.15, 0.2) is 0 Å². The summed E-state index contributed by atoms with van der Waals surface area (Å²) in [6.45, 7) is 2.56. The molecule has 1 saturated carbocycles. The minimum atomic E-state index is 0.333. The third kappa shape index (κ3) is 3.19. The predicted octanol–water partition coefficient (Wildman–Crippen LogP) is 1.92. The average molecular weight is 264 g/mol. The molecule has 0 unspecified atom stereocenters. The second kappa shape index (κ2) is 6.26. The Labute approximate surface area is 115 Å². The number of rotatable bonds is 7. The van der Waals surface area contributed by atoms with E-state index in [0.29, 0.717) is 5.41 Å². The summed E-state index contributed by atoms with van der Waals surface area (Å²) in [6.07, 6.45) is 3.80. The molecule has 0 aromatic heterocycles. The van der Waals surface area contributed by atoms with Gasteiger partial charge in [0, 0.05) is 24.7 Å². The van der Waals surface area contributed by atoms with Crippen LogP contribution in [-0.4, -0.2) is 27.3 Å². The van der Waals surface area contributed by atoms with Crippen LogP contribution in [0.25, 0.3) is 0 Å². The smallest absolute Gasteiger partial charge is 0.127 e. The number of hydrogen-bond donors (Lipinski definition) is 2. The molecule has 0 saturated heterocycles. The first-order valence-electron chi connectivity index (χ1n) is 6.85. The maximum atomic E-state index is 5.86. The number of hydrogen-bond acceptors (Lipinski definition) is 4. The van der Waals surface area contributed by atoms with Gasteiger partial charge in [-0.15, -0.1) is 0 Å². The molecule has 0 atom stereocenters. The zero-order valence-electron chi connectivity index (χ0n) is 11.9. The molecule has 0 spiro atoms. The topological polar surface area (TPSA) is 56.5 Å². The van der Waals surface area contributed by atoms with Crippen molar-refractivity contribution in [3.05, 3.63) is 23.8 Å². The molecule has 1 aromatic rings. The molecule has 0 aliphatic heterocycles. The van der Waals surface area contributed by atoms with Crippen LogP contribution in [0, 0.1) is 5.41 Å². The SMILES string of the molecule is COc1ccc(CNCC2(CN)CCC2)c(OC)c1. The Morgan fingerprint density at radius 3 is 2.58 bits per heavy atom. The quantitative estimate of drug-likeness (QED) is 0.790. The van der Waals surface area contributed by atoms with E-state index < -0.39 is 0 Å². The second-order valence-corrected chi connectivity index (χ2v) is 5.34. The lowest BCUT2D eigenvalue weighted by Crippen LogP contribution is -2.45. The summed E-state index contributed by atoms with van der Waals surface area (Å²) in [5, 5.41) is 3.51. The van der Waals surface area contributed by atoms with Crippen molar-refractivity contribution in [2.75, 3.05) is 27.3 Å². The van der Waals surface area contributed by atoms with Crippen LogP contribution < -0.4 is 20.5 Å². The van der Waals surface area contributed by atoms with Gasteiger partial charge in [0.25, 0.3) is 0 Å². The van der Waals surface area contributed by atoms with Crippen molar-refractivity contribution in [2.24, 2.45) is 11.1 Å². The van der Waals surface area contributed by atoms with Crippen molar-refractivity contribution in [3.8, 4) is 11.5 Å². The molecule has 19 heavy (non-hydrogen) atoms. The summed E-state index contributed by atoms with van der Waals surface area (Å²) in [7, 11) is 3.35. The van der Waals surface area contributed by atoms with Crippen molar-refractivity contribution in [1.82, 2.24) is 5.32 Å². The molecule has 2 rings (SSSR count). The summed E-state index contributed by atoms with van der Waals surface area (Å²) in [5.74, 6) is 1.68. The molecule has 0 bridgehead atoms. The van der Waals surface area contributed by atoms with Crippen LogP contribution in [0.1, 0.15) is 24.8 Å². The fourth-order valence-corrected chi connectivity index (χ4v) is 2.59. The third-order valence-corrected chi connectivity index (χ3v) is 4.16. The Kier molecular flexibility index (Phi) is 4.66. The monoisotopic (exact) mass is 264 g/mol. The minimum Gasteiger partial charge on any atom is -0.497 e. The van der Waals surface area contributed by atoms with Crippen LogP contribution in [0.5, 0.6) is 11.5 Å². The number of nitrogens with one attached hydrogen (secondary N) is 1. The highest BCUT2D eigenvalue weighted by molar-refractivity contribution is 5.40. The zero-order chi connectivity index (χ0) is 13.7. The Morgan fingerprint density at radius 1 is 1.26 bits per heavy atom. The lowest BCUT2D eigenvalue weighted by Gasteiger charge is -2.41. The van der Waals surface area contributed by atoms with Gasteiger partial charge in [-0.25, -0.2) is 0 Å². The minimum absolute atomic E-state index is 0.333. The lowest BCUT2D eigenvalue weighted by atomic mass is 9.69. The summed E-state index contributed by atoms with van der Waals surface area (Å²) in [6, 6.07) is 5.92. The fourth-order valence-electron chi connectivity index (χ4n) is 2.59. The Morgan fingerprint density at radius 2 is 2.05 bits per heavy atom. The molecule has 1 aromatic carbocycles. The summed E-state index contributed by atoms with van der Waals surface area (Å²) in [5.41, 5.74) is 7.34. The van der Waals surface area contributed by atoms with E-state index in [2.05, 4.69) is 5.32 Å². The molecular weight excluding hydrogens is 240 g/mol. The Hall–Kier alpha value is -1.26. The van der Waals surface area contributed by atoms with E-state index in [1.54, 1.807) is 14.2 Å². The molecule has 0 heterocycles. The molecule has 1 aliphatic rings. The zero-order valence-corrected chi connectivity index (χ0v) is 11.9. The maximum absolute atomic E-state index is 5.86. The summed E-state index contributed by atoms with van der Waals surface area (Å²) < 4.78 is 10.6. The maximum Gasteiger partial charge on any atom is 0.127 e. The lowest BCUT2D eigenvalue weighted by molar-refractivity contribution is 0.140. The van der Waals surface area contributed by atoms with Crippen molar-refractivity contribution in [3.63, 3.8) is 0 Å². The molecule has 0 amide bonds. The predicted molar refractivity (Wildman–Crippen MR) is 76.6 cm³/mol. The molecule has 4 heteroatoms. The van der Waals surface area contributed by atoms with Crippen molar-refractivity contribution in [1.29, 1.82) is 0 Å². The van der Waals surface area contributed by atoms with Gasteiger partial charge in [-0.2, -0.15) is 0 Å². The first-order valence-corrected chi connectivity index (χ1v) is 6.85. The third-order valence-electron chi connectivity index (χ3n) is 4.16. The number of ether oxygens (including phenoxy) is 2. The van der Waals surface area contributed by atoms with Gasteiger partial charge in [0.2, 0.25) is 0 Å². The Balaban J connectivity index is 1.92. The van der Waals surface area contributed by atoms with Crippen LogP contribution in [0.15, 0.2) is 18.2 Å². The van der Waals surface area contributed by atoms with Gasteiger partial charge in [-0.3, -0.25) is 0 Å². The van der Waals surface area contributed by atoms with Crippen molar-refractivity contribution < 1.29 is 9.47 Å². The summed E-state index contributed by atoms with van der Waals surface area (Å²) in [4.78, 5) is 0. The van der Waals surface area contributed by atoms with Gasteiger partial charge in [-0.1, -0.05) is 12.5 Å². The van der Waals surface area contributed by atoms with Crippen LogP contribution >= 0.6 is 0 Å². The van der Waals surface area contributed by atoms with Gasteiger partial charge in [0.05, 0.1) is 14.2 Å². The molecule has 1 fully saturated rings. The van der Waals surface area contributed by atoms with E-state index in [1.165, 1.54) is 19.3 Å². The normalized spacial score (nSPS) is 16.8. The average Bonchev–Trinajstić information content (AvgIpc) is 2.42. The van der Waals surface area contributed by atoms with E-state index in [0.717, 1.165) is 36.7 Å². The van der Waals surface area contributed by atoms with E-state index in [4.69, 9.17) is 15.2 Å². The van der Waals surface area contributed by atoms with Crippen molar-refractivity contribution >= 4 is 0 Å². The van der Waals surface area contributed by atoms with Crippen molar-refractivity contribution in [2.45, 2.75) is 25.8 Å². The first kappa shape index (κ1) is 14.2. The standard InChI is InChI=1S/C15H24N2O2/c1-18-13-5-4-12(14(8-13)19-2)9-17-11-15(10-16)6-3-7-15/h4-5,8,17H,3,6-7,9-11,16H2,1-2H3. The van der Waals surface area contributed by atoms with E-state index in [-0.39, 0.29) is 0 Å². The van der Waals surface area contributed by atoms with E-state index in [1.807, 2.05) is 18.2 Å². The van der Waals surface area contributed by atoms with Crippen LogP contribution in [0.4, 0.5) is 0 Å². The van der Waals surface area contributed by atoms with Gasteiger partial charge in [0.1, 0.15) is 11.5 Å². The highest BCUT2D eigenvalue weighted by atomic mass is 16.5. The molecule has 4 nitrogen and oxygen atoms in total. The highest BCUT2D eigenvalue weighted by Gasteiger charge is 2.34. The van der Waals surface area contributed by atoms with Gasteiger partial charge < -0.3 is 20.5 Å². The van der Waals surface area contributed by atoms with Crippen LogP contribution in [0.2, 0.25) is 0 Å². The van der Waals surface area contributed by atoms with Gasteiger partial charge >= 0.3 is 0 Å². The fraction of sp³-hybridized carbons (Fsp3) is 0.600. The van der Waals surface area contributed by atoms with E-state index in [9.17, 15) is 0 Å². The number of nitrogens with two attached hydrogens (primary N) is 1. The molecule has 106 valence electrons. The van der Waals surface area contributed by atoms with Gasteiger partial charge in [-0.05, 0) is 30.9 Å². The number of benzene rings is 1. The molecule has 3 N–H and O–H groups in total. The second-order valence-electron chi connectivity index (χ2n) is 5.34. The summed E-state index contributed by atoms with van der Waals surface area (Å²) >= 11 is 0. The van der Waals surface area contributed by atoms with E-state index >= 15 is 0 Å². The van der Waals surface area contributed by atoms with Crippen LogP contribution in [0.3, 0.4) is 0 Å². The first-order chi connectivity index (χ1) is 9.23. The highest BCUT2D eigenvalue weighted by Crippen LogP contribution is 2.39. The largest absolute Gasteiger partial charge is 0.497 e. The number of methoxy groups -OCH3 is 2. The Bertz CT molecular complexity index is 411. The van der Waals surface area contributed by atoms with Crippen LogP contribution in [-0.2, 0) is 6.54 Å². The molecule has 1 aliphatic carbocycles. The molecular formula is C15H24N2O2.